The molecular weight excluding hydrogens is 192 g/mol. The molecule has 0 atom stereocenters. The maximum Gasteiger partial charge on any atom is 0.236 e. The molecule has 1 amide bonds. The maximum atomic E-state index is 11.7. The largest absolute Gasteiger partial charge is 0.383 e. The monoisotopic (exact) mass is 214 g/mol. The summed E-state index contributed by atoms with van der Waals surface area (Å²) in [5.41, 5.74) is 0. The molecule has 1 aliphatic rings. The highest BCUT2D eigenvalue weighted by atomic mass is 16.5. The fourth-order valence-electron chi connectivity index (χ4n) is 1.74. The first-order chi connectivity index (χ1) is 7.24. The molecule has 0 radical (unpaired) electrons. The number of ether oxygens (including phenoxy) is 1. The van der Waals surface area contributed by atoms with Crippen LogP contribution in [0.1, 0.15) is 19.8 Å². The third-order valence-electron chi connectivity index (χ3n) is 2.90. The Bertz CT molecular complexity index is 189. The second-order valence-corrected chi connectivity index (χ2v) is 4.23. The zero-order valence-corrected chi connectivity index (χ0v) is 9.79. The van der Waals surface area contributed by atoms with Crippen molar-refractivity contribution < 1.29 is 9.53 Å². The number of nitrogens with zero attached hydrogens (tertiary/aromatic N) is 1. The second-order valence-electron chi connectivity index (χ2n) is 4.23. The molecule has 1 fully saturated rings. The molecule has 88 valence electrons. The highest BCUT2D eigenvalue weighted by Gasteiger charge is 2.19. The van der Waals surface area contributed by atoms with E-state index in [-0.39, 0.29) is 5.91 Å². The highest BCUT2D eigenvalue weighted by Crippen LogP contribution is 2.15. The van der Waals surface area contributed by atoms with Crippen molar-refractivity contribution in [2.75, 3.05) is 39.9 Å². The Morgan fingerprint density at radius 1 is 1.47 bits per heavy atom. The van der Waals surface area contributed by atoms with Crippen molar-refractivity contribution in [3.8, 4) is 0 Å². The number of rotatable bonds is 5. The van der Waals surface area contributed by atoms with Crippen LogP contribution in [0.25, 0.3) is 0 Å². The van der Waals surface area contributed by atoms with Gasteiger partial charge in [0.2, 0.25) is 5.91 Å². The Kier molecular flexibility index (Phi) is 5.65. The predicted molar refractivity (Wildman–Crippen MR) is 59.7 cm³/mol. The number of piperidine rings is 1. The number of amides is 1. The van der Waals surface area contributed by atoms with Crippen LogP contribution in [0.2, 0.25) is 0 Å². The Balaban J connectivity index is 2.11. The first-order valence-electron chi connectivity index (χ1n) is 5.71. The Labute approximate surface area is 92.0 Å². The number of methoxy groups -OCH3 is 1. The second kappa shape index (κ2) is 6.80. The minimum absolute atomic E-state index is 0.220. The molecule has 0 bridgehead atoms. The van der Waals surface area contributed by atoms with Crippen molar-refractivity contribution in [3.05, 3.63) is 0 Å². The molecule has 0 aromatic rings. The topological polar surface area (TPSA) is 41.6 Å². The van der Waals surface area contributed by atoms with Crippen molar-refractivity contribution in [2.24, 2.45) is 5.92 Å². The van der Waals surface area contributed by atoms with Crippen LogP contribution >= 0.6 is 0 Å². The van der Waals surface area contributed by atoms with Gasteiger partial charge < -0.3 is 15.0 Å². The Morgan fingerprint density at radius 2 is 2.13 bits per heavy atom. The Hall–Kier alpha value is -0.610. The molecule has 4 nitrogen and oxygen atoms in total. The third-order valence-corrected chi connectivity index (χ3v) is 2.90. The number of carbonyl (C=O) groups is 1. The summed E-state index contributed by atoms with van der Waals surface area (Å²) in [5, 5.41) is 3.08. The van der Waals surface area contributed by atoms with Gasteiger partial charge in [-0.15, -0.1) is 0 Å². The molecule has 1 rings (SSSR count). The molecular formula is C11H22N2O2. The van der Waals surface area contributed by atoms with Crippen LogP contribution < -0.4 is 5.32 Å². The Morgan fingerprint density at radius 3 is 2.73 bits per heavy atom. The van der Waals surface area contributed by atoms with E-state index >= 15 is 0 Å². The van der Waals surface area contributed by atoms with Gasteiger partial charge in [0.1, 0.15) is 0 Å². The van der Waals surface area contributed by atoms with Gasteiger partial charge in [-0.3, -0.25) is 4.79 Å². The summed E-state index contributed by atoms with van der Waals surface area (Å²) in [6, 6.07) is 0. The summed E-state index contributed by atoms with van der Waals surface area (Å²) in [5.74, 6) is 0.994. The predicted octanol–water partition coefficient (Wildman–Crippen LogP) is 0.481. The van der Waals surface area contributed by atoms with Crippen LogP contribution in [0.5, 0.6) is 0 Å². The van der Waals surface area contributed by atoms with Gasteiger partial charge in [-0.05, 0) is 18.8 Å². The third kappa shape index (κ3) is 4.62. The van der Waals surface area contributed by atoms with E-state index in [0.717, 1.165) is 38.4 Å². The number of hydrogen-bond acceptors (Lipinski definition) is 3. The summed E-state index contributed by atoms with van der Waals surface area (Å²) in [6.45, 7) is 5.94. The lowest BCUT2D eigenvalue weighted by molar-refractivity contribution is -0.131. The summed E-state index contributed by atoms with van der Waals surface area (Å²) < 4.78 is 4.90. The fraction of sp³-hybridized carbons (Fsp3) is 0.909. The number of likely N-dealkylation sites (tertiary alicyclic amines) is 1. The summed E-state index contributed by atoms with van der Waals surface area (Å²) in [7, 11) is 1.66. The lowest BCUT2D eigenvalue weighted by Crippen LogP contribution is -2.43. The van der Waals surface area contributed by atoms with E-state index in [0.29, 0.717) is 13.2 Å². The van der Waals surface area contributed by atoms with E-state index in [2.05, 4.69) is 12.2 Å². The first kappa shape index (κ1) is 12.5. The van der Waals surface area contributed by atoms with Crippen LogP contribution in [0, 0.1) is 5.92 Å². The molecule has 15 heavy (non-hydrogen) atoms. The number of nitrogens with one attached hydrogen (secondary N) is 1. The minimum Gasteiger partial charge on any atom is -0.383 e. The average Bonchev–Trinajstić information content (AvgIpc) is 2.25. The van der Waals surface area contributed by atoms with Crippen molar-refractivity contribution in [1.29, 1.82) is 0 Å². The molecule has 1 heterocycles. The molecule has 4 heteroatoms. The van der Waals surface area contributed by atoms with Crippen LogP contribution in [-0.2, 0) is 9.53 Å². The maximum absolute atomic E-state index is 11.7. The molecule has 0 spiro atoms. The van der Waals surface area contributed by atoms with Gasteiger partial charge in [-0.25, -0.2) is 0 Å². The van der Waals surface area contributed by atoms with Crippen molar-refractivity contribution in [3.63, 3.8) is 0 Å². The van der Waals surface area contributed by atoms with Crippen molar-refractivity contribution >= 4 is 5.91 Å². The molecule has 0 saturated carbocycles. The summed E-state index contributed by atoms with van der Waals surface area (Å²) in [6.07, 6.45) is 2.29. The van der Waals surface area contributed by atoms with Crippen LogP contribution in [0.3, 0.4) is 0 Å². The van der Waals surface area contributed by atoms with Crippen LogP contribution in [0.4, 0.5) is 0 Å². The molecule has 0 aromatic heterocycles. The van der Waals surface area contributed by atoms with Crippen LogP contribution in [0.15, 0.2) is 0 Å². The minimum atomic E-state index is 0.220. The zero-order valence-electron chi connectivity index (χ0n) is 9.79. The number of carbonyl (C=O) groups excluding carboxylic acids is 1. The van der Waals surface area contributed by atoms with E-state index in [1.807, 2.05) is 4.90 Å². The first-order valence-corrected chi connectivity index (χ1v) is 5.71. The SMILES string of the molecule is COCCNCC(=O)N1CCC(C)CC1. The summed E-state index contributed by atoms with van der Waals surface area (Å²) in [4.78, 5) is 13.6. The molecule has 1 saturated heterocycles. The normalized spacial score (nSPS) is 18.1. The van der Waals surface area contributed by atoms with E-state index in [9.17, 15) is 4.79 Å². The van der Waals surface area contributed by atoms with Crippen molar-refractivity contribution in [2.45, 2.75) is 19.8 Å². The van der Waals surface area contributed by atoms with Gasteiger partial charge in [0.25, 0.3) is 0 Å². The lowest BCUT2D eigenvalue weighted by atomic mass is 9.99. The average molecular weight is 214 g/mol. The van der Waals surface area contributed by atoms with E-state index in [1.54, 1.807) is 7.11 Å². The fourth-order valence-corrected chi connectivity index (χ4v) is 1.74. The van der Waals surface area contributed by atoms with Gasteiger partial charge in [-0.1, -0.05) is 6.92 Å². The number of hydrogen-bond donors (Lipinski definition) is 1. The quantitative estimate of drug-likeness (QED) is 0.677. The highest BCUT2D eigenvalue weighted by molar-refractivity contribution is 5.78. The van der Waals surface area contributed by atoms with E-state index in [4.69, 9.17) is 4.74 Å². The standard InChI is InChI=1S/C11H22N2O2/c1-10-3-6-13(7-4-10)11(14)9-12-5-8-15-2/h10,12H,3-9H2,1-2H3. The molecule has 0 aliphatic carbocycles. The van der Waals surface area contributed by atoms with Crippen molar-refractivity contribution in [1.82, 2.24) is 10.2 Å². The van der Waals surface area contributed by atoms with Crippen LogP contribution in [-0.4, -0.2) is 50.7 Å². The van der Waals surface area contributed by atoms with E-state index in [1.165, 1.54) is 0 Å². The lowest BCUT2D eigenvalue weighted by Gasteiger charge is -2.30. The van der Waals surface area contributed by atoms with Gasteiger partial charge in [0.15, 0.2) is 0 Å². The van der Waals surface area contributed by atoms with Gasteiger partial charge in [-0.2, -0.15) is 0 Å². The molecule has 0 unspecified atom stereocenters. The zero-order chi connectivity index (χ0) is 11.1. The van der Waals surface area contributed by atoms with Gasteiger partial charge in [0.05, 0.1) is 13.2 Å². The smallest absolute Gasteiger partial charge is 0.236 e. The molecule has 1 N–H and O–H groups in total. The van der Waals surface area contributed by atoms with Gasteiger partial charge in [0, 0.05) is 26.7 Å². The van der Waals surface area contributed by atoms with E-state index < -0.39 is 0 Å². The van der Waals surface area contributed by atoms with Gasteiger partial charge >= 0.3 is 0 Å². The molecule has 1 aliphatic heterocycles. The molecule has 0 aromatic carbocycles. The summed E-state index contributed by atoms with van der Waals surface area (Å²) >= 11 is 0.